The summed E-state index contributed by atoms with van der Waals surface area (Å²) in [5, 5.41) is 20.4. The Morgan fingerprint density at radius 1 is 0.902 bits per heavy atom. The number of amides is 4. The lowest BCUT2D eigenvalue weighted by Crippen LogP contribution is -2.57. The van der Waals surface area contributed by atoms with Crippen LogP contribution in [0.15, 0.2) is 18.2 Å². The van der Waals surface area contributed by atoms with Crippen LogP contribution >= 0.6 is 35.8 Å². The number of hydrogen-bond acceptors (Lipinski definition) is 7. The molecule has 0 aliphatic heterocycles. The van der Waals surface area contributed by atoms with Crippen molar-refractivity contribution in [1.82, 2.24) is 21.3 Å². The Hall–Kier alpha value is -2.70. The van der Waals surface area contributed by atoms with Crippen molar-refractivity contribution in [2.75, 3.05) is 18.9 Å². The fourth-order valence-electron chi connectivity index (χ4n) is 3.57. The SMILES string of the molecule is CC(C)COC(=O)NC(CCC(=O)O)C(=O)NC(CC(C)C)C(=O)NC(CS)C(=O)NCCc1ccc(Cl)cc1Cl. The van der Waals surface area contributed by atoms with Crippen molar-refractivity contribution in [3.05, 3.63) is 33.8 Å². The third-order valence-electron chi connectivity index (χ3n) is 5.67. The summed E-state index contributed by atoms with van der Waals surface area (Å²) in [6, 6.07) is 1.75. The van der Waals surface area contributed by atoms with Gasteiger partial charge in [0.05, 0.1) is 6.61 Å². The number of rotatable bonds is 17. The molecule has 41 heavy (non-hydrogen) atoms. The predicted molar refractivity (Wildman–Crippen MR) is 160 cm³/mol. The zero-order chi connectivity index (χ0) is 31.1. The molecular weight excluding hydrogens is 595 g/mol. The molecule has 0 radical (unpaired) electrons. The van der Waals surface area contributed by atoms with Crippen LogP contribution in [0, 0.1) is 11.8 Å². The molecular formula is C27H40Cl2N4O7S. The lowest BCUT2D eigenvalue weighted by molar-refractivity contribution is -0.137. The average molecular weight is 636 g/mol. The number of benzene rings is 1. The van der Waals surface area contributed by atoms with Crippen LogP contribution < -0.4 is 21.3 Å². The number of thiol groups is 1. The zero-order valence-electron chi connectivity index (χ0n) is 23.7. The van der Waals surface area contributed by atoms with Crippen LogP contribution in [0.1, 0.15) is 52.5 Å². The van der Waals surface area contributed by atoms with Gasteiger partial charge in [0.15, 0.2) is 0 Å². The zero-order valence-corrected chi connectivity index (χ0v) is 26.1. The standard InChI is InChI=1S/C27H40Cl2N4O7S/c1-15(2)11-21(31-25(37)20(7-8-23(34)35)33-27(39)40-13-16(3)4)26(38)32-22(14-41)24(36)30-10-9-17-5-6-18(28)12-19(17)29/h5-6,12,15-16,20-22,41H,7-11,13-14H2,1-4H3,(H,30,36)(H,31,37)(H,32,38)(H,33,39)(H,34,35). The van der Waals surface area contributed by atoms with E-state index in [2.05, 4.69) is 33.9 Å². The van der Waals surface area contributed by atoms with E-state index in [1.807, 2.05) is 27.7 Å². The third-order valence-corrected chi connectivity index (χ3v) is 6.62. The van der Waals surface area contributed by atoms with Crippen LogP contribution in [0.4, 0.5) is 4.79 Å². The van der Waals surface area contributed by atoms with Gasteiger partial charge >= 0.3 is 12.1 Å². The van der Waals surface area contributed by atoms with Crippen LogP contribution in [0.3, 0.4) is 0 Å². The molecule has 0 aliphatic rings. The van der Waals surface area contributed by atoms with Crippen molar-refractivity contribution in [3.63, 3.8) is 0 Å². The van der Waals surface area contributed by atoms with Crippen molar-refractivity contribution in [2.45, 2.75) is 71.5 Å². The first-order chi connectivity index (χ1) is 19.2. The highest BCUT2D eigenvalue weighted by molar-refractivity contribution is 7.80. The van der Waals surface area contributed by atoms with Gasteiger partial charge in [-0.2, -0.15) is 12.6 Å². The quantitative estimate of drug-likeness (QED) is 0.143. The maximum atomic E-state index is 13.2. The van der Waals surface area contributed by atoms with Crippen molar-refractivity contribution < 1.29 is 33.8 Å². The van der Waals surface area contributed by atoms with Crippen molar-refractivity contribution in [1.29, 1.82) is 0 Å². The summed E-state index contributed by atoms with van der Waals surface area (Å²) >= 11 is 16.3. The molecule has 0 bridgehead atoms. The first kappa shape index (κ1) is 36.3. The molecule has 0 spiro atoms. The van der Waals surface area contributed by atoms with E-state index in [0.717, 1.165) is 5.56 Å². The smallest absolute Gasteiger partial charge is 0.407 e. The fourth-order valence-corrected chi connectivity index (χ4v) is 4.33. The molecule has 0 saturated heterocycles. The van der Waals surface area contributed by atoms with Crippen LogP contribution in [-0.2, 0) is 30.3 Å². The Balaban J connectivity index is 2.87. The normalized spacial score (nSPS) is 13.2. The van der Waals surface area contributed by atoms with Crippen molar-refractivity contribution in [3.8, 4) is 0 Å². The Bertz CT molecular complexity index is 1060. The van der Waals surface area contributed by atoms with E-state index < -0.39 is 54.3 Å². The molecule has 5 N–H and O–H groups in total. The van der Waals surface area contributed by atoms with Gasteiger partial charge in [0, 0.05) is 28.8 Å². The van der Waals surface area contributed by atoms with Gasteiger partial charge in [-0.15, -0.1) is 0 Å². The highest BCUT2D eigenvalue weighted by atomic mass is 35.5. The van der Waals surface area contributed by atoms with Gasteiger partial charge in [-0.3, -0.25) is 19.2 Å². The Morgan fingerprint density at radius 2 is 1.54 bits per heavy atom. The summed E-state index contributed by atoms with van der Waals surface area (Å²) < 4.78 is 5.05. The highest BCUT2D eigenvalue weighted by Gasteiger charge is 2.30. The van der Waals surface area contributed by atoms with E-state index in [9.17, 15) is 24.0 Å². The molecule has 14 heteroatoms. The minimum Gasteiger partial charge on any atom is -0.481 e. The molecule has 3 unspecified atom stereocenters. The minimum absolute atomic E-state index is 0.00783. The van der Waals surface area contributed by atoms with Gasteiger partial charge in [0.25, 0.3) is 0 Å². The summed E-state index contributed by atoms with van der Waals surface area (Å²) in [6.07, 6.45) is -0.830. The average Bonchev–Trinajstić information content (AvgIpc) is 2.88. The largest absolute Gasteiger partial charge is 0.481 e. The molecule has 0 heterocycles. The molecule has 1 rings (SSSR count). The minimum atomic E-state index is -1.25. The maximum absolute atomic E-state index is 13.2. The number of halogens is 2. The molecule has 1 aromatic rings. The molecule has 0 saturated carbocycles. The molecule has 11 nitrogen and oxygen atoms in total. The van der Waals surface area contributed by atoms with E-state index in [1.165, 1.54) is 0 Å². The first-order valence-electron chi connectivity index (χ1n) is 13.3. The molecule has 3 atom stereocenters. The number of ether oxygens (including phenoxy) is 1. The third kappa shape index (κ3) is 14.7. The summed E-state index contributed by atoms with van der Waals surface area (Å²) in [4.78, 5) is 62.3. The summed E-state index contributed by atoms with van der Waals surface area (Å²) in [5.74, 6) is -2.98. The number of carbonyl (C=O) groups is 5. The molecule has 230 valence electrons. The number of aliphatic carboxylic acids is 1. The predicted octanol–water partition coefficient (Wildman–Crippen LogP) is 3.21. The van der Waals surface area contributed by atoms with E-state index >= 15 is 0 Å². The van der Waals surface area contributed by atoms with Gasteiger partial charge < -0.3 is 31.1 Å². The monoisotopic (exact) mass is 634 g/mol. The number of carboxylic acid groups (broad SMARTS) is 1. The second-order valence-corrected chi connectivity index (χ2v) is 11.5. The van der Waals surface area contributed by atoms with Crippen LogP contribution in [0.5, 0.6) is 0 Å². The highest BCUT2D eigenvalue weighted by Crippen LogP contribution is 2.21. The molecule has 0 fully saturated rings. The van der Waals surface area contributed by atoms with Crippen molar-refractivity contribution in [2.24, 2.45) is 11.8 Å². The number of nitrogens with one attached hydrogen (secondary N) is 4. The summed E-state index contributed by atoms with van der Waals surface area (Å²) in [5.41, 5.74) is 0.793. The van der Waals surface area contributed by atoms with E-state index in [0.29, 0.717) is 16.5 Å². The maximum Gasteiger partial charge on any atom is 0.407 e. The van der Waals surface area contributed by atoms with E-state index in [1.54, 1.807) is 18.2 Å². The second-order valence-electron chi connectivity index (χ2n) is 10.3. The van der Waals surface area contributed by atoms with Crippen LogP contribution in [-0.4, -0.2) is 71.9 Å². The van der Waals surface area contributed by atoms with E-state index in [4.69, 9.17) is 33.0 Å². The number of carboxylic acids is 1. The number of hydrogen-bond donors (Lipinski definition) is 6. The lowest BCUT2D eigenvalue weighted by atomic mass is 10.0. The second kappa shape index (κ2) is 18.7. The fraction of sp³-hybridized carbons (Fsp3) is 0.593. The number of alkyl carbamates (subject to hydrolysis) is 1. The molecule has 1 aromatic carbocycles. The Morgan fingerprint density at radius 3 is 2.10 bits per heavy atom. The molecule has 0 aliphatic carbocycles. The summed E-state index contributed by atoms with van der Waals surface area (Å²) in [6.45, 7) is 7.73. The number of carbonyl (C=O) groups excluding carboxylic acids is 4. The van der Waals surface area contributed by atoms with Gasteiger partial charge in [-0.1, -0.05) is 57.0 Å². The van der Waals surface area contributed by atoms with E-state index in [-0.39, 0.29) is 43.6 Å². The van der Waals surface area contributed by atoms with Crippen molar-refractivity contribution >= 4 is 65.6 Å². The van der Waals surface area contributed by atoms with Crippen LogP contribution in [0.25, 0.3) is 0 Å². The topological polar surface area (TPSA) is 163 Å². The van der Waals surface area contributed by atoms with Gasteiger partial charge in [0.1, 0.15) is 18.1 Å². The molecule has 0 aromatic heterocycles. The summed E-state index contributed by atoms with van der Waals surface area (Å²) in [7, 11) is 0. The first-order valence-corrected chi connectivity index (χ1v) is 14.7. The van der Waals surface area contributed by atoms with Gasteiger partial charge in [-0.25, -0.2) is 4.79 Å². The van der Waals surface area contributed by atoms with Gasteiger partial charge in [-0.05, 0) is 48.8 Å². The molecule has 4 amide bonds. The Kier molecular flexibility index (Phi) is 16.5. The Labute approximate surface area is 256 Å². The van der Waals surface area contributed by atoms with Gasteiger partial charge in [0.2, 0.25) is 17.7 Å². The van der Waals surface area contributed by atoms with Crippen LogP contribution in [0.2, 0.25) is 10.0 Å². The lowest BCUT2D eigenvalue weighted by Gasteiger charge is -2.25.